The van der Waals surface area contributed by atoms with Crippen LogP contribution in [0.1, 0.15) is 24.8 Å². The Bertz CT molecular complexity index is 410. The van der Waals surface area contributed by atoms with E-state index in [1.54, 1.807) is 0 Å². The molecule has 0 amide bonds. The summed E-state index contributed by atoms with van der Waals surface area (Å²) in [6.45, 7) is 4.09. The molecule has 1 fully saturated rings. The third-order valence-electron chi connectivity index (χ3n) is 3.51. The molecular weight excluding hydrogens is 242 g/mol. The average Bonchev–Trinajstić information content (AvgIpc) is 2.42. The second kappa shape index (κ2) is 6.57. The van der Waals surface area contributed by atoms with Crippen LogP contribution >= 0.6 is 0 Å². The number of aryl methyl sites for hydroxylation is 1. The first-order valence-electron chi connectivity index (χ1n) is 6.79. The van der Waals surface area contributed by atoms with E-state index in [1.165, 1.54) is 5.56 Å². The number of benzene rings is 1. The van der Waals surface area contributed by atoms with Crippen molar-refractivity contribution in [3.63, 3.8) is 0 Å². The summed E-state index contributed by atoms with van der Waals surface area (Å²) in [7, 11) is 0. The Morgan fingerprint density at radius 2 is 2.16 bits per heavy atom. The van der Waals surface area contributed by atoms with Gasteiger partial charge in [0, 0.05) is 18.8 Å². The molecule has 1 aliphatic heterocycles. The largest absolute Gasteiger partial charge is 0.481 e. The third-order valence-corrected chi connectivity index (χ3v) is 3.51. The Labute approximate surface area is 114 Å². The zero-order chi connectivity index (χ0) is 13.7. The minimum Gasteiger partial charge on any atom is -0.481 e. The molecule has 19 heavy (non-hydrogen) atoms. The molecule has 1 aromatic rings. The maximum Gasteiger partial charge on any atom is 0.305 e. The number of ether oxygens (including phenoxy) is 1. The number of aliphatic carboxylic acids is 1. The predicted octanol–water partition coefficient (Wildman–Crippen LogP) is 2.46. The Balaban J connectivity index is 2.12. The molecule has 0 aliphatic carbocycles. The van der Waals surface area contributed by atoms with Gasteiger partial charge in [-0.2, -0.15) is 0 Å². The first kappa shape index (κ1) is 13.9. The zero-order valence-electron chi connectivity index (χ0n) is 11.3. The van der Waals surface area contributed by atoms with E-state index >= 15 is 0 Å². The van der Waals surface area contributed by atoms with Gasteiger partial charge in [-0.25, -0.2) is 0 Å². The van der Waals surface area contributed by atoms with Crippen LogP contribution in [0.3, 0.4) is 0 Å². The molecule has 0 radical (unpaired) electrons. The van der Waals surface area contributed by atoms with Crippen molar-refractivity contribution in [1.29, 1.82) is 0 Å². The Kier molecular flexibility index (Phi) is 4.80. The quantitative estimate of drug-likeness (QED) is 0.886. The molecule has 1 unspecified atom stereocenters. The van der Waals surface area contributed by atoms with Crippen molar-refractivity contribution in [2.75, 3.05) is 24.7 Å². The minimum absolute atomic E-state index is 0.157. The standard InChI is InChI=1S/C15H21NO3/c1-12-4-6-13(7-5-12)16(9-8-15(17)18)14-3-2-10-19-11-14/h4-7,14H,2-3,8-11H2,1H3,(H,17,18). The molecule has 2 rings (SSSR count). The summed E-state index contributed by atoms with van der Waals surface area (Å²) in [6, 6.07) is 8.53. The van der Waals surface area contributed by atoms with E-state index in [9.17, 15) is 4.79 Å². The van der Waals surface area contributed by atoms with Gasteiger partial charge in [-0.15, -0.1) is 0 Å². The maximum absolute atomic E-state index is 10.8. The Morgan fingerprint density at radius 1 is 1.42 bits per heavy atom. The van der Waals surface area contributed by atoms with Crippen LogP contribution in [-0.2, 0) is 9.53 Å². The van der Waals surface area contributed by atoms with Crippen molar-refractivity contribution in [2.24, 2.45) is 0 Å². The number of anilines is 1. The fourth-order valence-electron chi connectivity index (χ4n) is 2.44. The molecular formula is C15H21NO3. The van der Waals surface area contributed by atoms with Crippen LogP contribution < -0.4 is 4.90 Å². The summed E-state index contributed by atoms with van der Waals surface area (Å²) in [5.74, 6) is -0.756. The second-order valence-corrected chi connectivity index (χ2v) is 5.04. The van der Waals surface area contributed by atoms with E-state index in [0.717, 1.165) is 25.1 Å². The summed E-state index contributed by atoms with van der Waals surface area (Å²) < 4.78 is 5.53. The maximum atomic E-state index is 10.8. The highest BCUT2D eigenvalue weighted by molar-refractivity contribution is 5.67. The predicted molar refractivity (Wildman–Crippen MR) is 74.6 cm³/mol. The van der Waals surface area contributed by atoms with Gasteiger partial charge in [0.2, 0.25) is 0 Å². The van der Waals surface area contributed by atoms with E-state index in [4.69, 9.17) is 9.84 Å². The van der Waals surface area contributed by atoms with Gasteiger partial charge in [0.15, 0.2) is 0 Å². The van der Waals surface area contributed by atoms with Crippen LogP contribution in [0.2, 0.25) is 0 Å². The number of hydrogen-bond acceptors (Lipinski definition) is 3. The monoisotopic (exact) mass is 263 g/mol. The molecule has 1 atom stereocenters. The van der Waals surface area contributed by atoms with E-state index in [1.807, 2.05) is 0 Å². The van der Waals surface area contributed by atoms with E-state index in [-0.39, 0.29) is 12.5 Å². The van der Waals surface area contributed by atoms with Crippen molar-refractivity contribution < 1.29 is 14.6 Å². The van der Waals surface area contributed by atoms with Gasteiger partial charge >= 0.3 is 5.97 Å². The van der Waals surface area contributed by atoms with Crippen molar-refractivity contribution in [1.82, 2.24) is 0 Å². The highest BCUT2D eigenvalue weighted by atomic mass is 16.5. The summed E-state index contributed by atoms with van der Waals surface area (Å²) >= 11 is 0. The molecule has 1 aromatic carbocycles. The fourth-order valence-corrected chi connectivity index (χ4v) is 2.44. The number of carbonyl (C=O) groups is 1. The number of carboxylic acid groups (broad SMARTS) is 1. The average molecular weight is 263 g/mol. The highest BCUT2D eigenvalue weighted by Crippen LogP contribution is 2.22. The van der Waals surface area contributed by atoms with E-state index in [0.29, 0.717) is 13.2 Å². The summed E-state index contributed by atoms with van der Waals surface area (Å²) in [6.07, 6.45) is 2.26. The fraction of sp³-hybridized carbons (Fsp3) is 0.533. The van der Waals surface area contributed by atoms with Crippen LogP contribution in [-0.4, -0.2) is 36.9 Å². The lowest BCUT2D eigenvalue weighted by atomic mass is 10.1. The molecule has 4 nitrogen and oxygen atoms in total. The molecule has 1 heterocycles. The molecule has 0 spiro atoms. The second-order valence-electron chi connectivity index (χ2n) is 5.04. The number of nitrogens with zero attached hydrogens (tertiary/aromatic N) is 1. The highest BCUT2D eigenvalue weighted by Gasteiger charge is 2.22. The Hall–Kier alpha value is -1.55. The smallest absolute Gasteiger partial charge is 0.305 e. The summed E-state index contributed by atoms with van der Waals surface area (Å²) in [4.78, 5) is 13.0. The van der Waals surface area contributed by atoms with Crippen LogP contribution in [0, 0.1) is 6.92 Å². The molecule has 0 bridgehead atoms. The van der Waals surface area contributed by atoms with Gasteiger partial charge in [0.05, 0.1) is 19.1 Å². The van der Waals surface area contributed by atoms with Gasteiger partial charge in [-0.1, -0.05) is 17.7 Å². The van der Waals surface area contributed by atoms with Crippen LogP contribution in [0.25, 0.3) is 0 Å². The normalized spacial score (nSPS) is 19.1. The van der Waals surface area contributed by atoms with E-state index < -0.39 is 5.97 Å². The first-order valence-corrected chi connectivity index (χ1v) is 6.79. The number of rotatable bonds is 5. The van der Waals surface area contributed by atoms with Crippen molar-refractivity contribution in [3.05, 3.63) is 29.8 Å². The van der Waals surface area contributed by atoms with Gasteiger partial charge in [0.25, 0.3) is 0 Å². The minimum atomic E-state index is -0.756. The van der Waals surface area contributed by atoms with Gasteiger partial charge in [-0.05, 0) is 31.9 Å². The van der Waals surface area contributed by atoms with Crippen LogP contribution in [0.15, 0.2) is 24.3 Å². The number of carboxylic acids is 1. The van der Waals surface area contributed by atoms with Gasteiger partial charge in [-0.3, -0.25) is 4.79 Å². The topological polar surface area (TPSA) is 49.8 Å². The zero-order valence-corrected chi connectivity index (χ0v) is 11.3. The first-order chi connectivity index (χ1) is 9.16. The van der Waals surface area contributed by atoms with Crippen molar-refractivity contribution in [3.8, 4) is 0 Å². The lowest BCUT2D eigenvalue weighted by Gasteiger charge is -2.35. The summed E-state index contributed by atoms with van der Waals surface area (Å²) in [5, 5.41) is 8.89. The van der Waals surface area contributed by atoms with Gasteiger partial charge in [0.1, 0.15) is 0 Å². The lowest BCUT2D eigenvalue weighted by molar-refractivity contribution is -0.136. The third kappa shape index (κ3) is 3.96. The van der Waals surface area contributed by atoms with Gasteiger partial charge < -0.3 is 14.7 Å². The lowest BCUT2D eigenvalue weighted by Crippen LogP contribution is -2.42. The number of hydrogen-bond donors (Lipinski definition) is 1. The molecule has 0 saturated carbocycles. The Morgan fingerprint density at radius 3 is 2.74 bits per heavy atom. The molecule has 1 saturated heterocycles. The van der Waals surface area contributed by atoms with Crippen LogP contribution in [0.5, 0.6) is 0 Å². The van der Waals surface area contributed by atoms with Crippen LogP contribution in [0.4, 0.5) is 5.69 Å². The molecule has 1 aliphatic rings. The summed E-state index contributed by atoms with van der Waals surface area (Å²) in [5.41, 5.74) is 2.30. The van der Waals surface area contributed by atoms with Crippen molar-refractivity contribution in [2.45, 2.75) is 32.2 Å². The van der Waals surface area contributed by atoms with Crippen molar-refractivity contribution >= 4 is 11.7 Å². The van der Waals surface area contributed by atoms with E-state index in [2.05, 4.69) is 36.1 Å². The molecule has 4 heteroatoms. The molecule has 1 N–H and O–H groups in total. The molecule has 104 valence electrons. The SMILES string of the molecule is Cc1ccc(N(CCC(=O)O)C2CCCOC2)cc1. The molecule has 0 aromatic heterocycles.